The molecule has 0 aliphatic rings. The van der Waals surface area contributed by atoms with Gasteiger partial charge in [-0.15, -0.1) is 0 Å². The SMILES string of the molecule is OCc1cc(Br)ccc1Sc1ccccc1Cl. The molecular weight excluding hydrogens is 320 g/mol. The summed E-state index contributed by atoms with van der Waals surface area (Å²) in [6.45, 7) is 0.0201. The molecule has 0 atom stereocenters. The summed E-state index contributed by atoms with van der Waals surface area (Å²) in [4.78, 5) is 2.01. The lowest BCUT2D eigenvalue weighted by atomic mass is 10.2. The molecule has 2 rings (SSSR count). The Morgan fingerprint density at radius 1 is 1.12 bits per heavy atom. The molecule has 0 aliphatic carbocycles. The zero-order valence-corrected chi connectivity index (χ0v) is 12.0. The lowest BCUT2D eigenvalue weighted by molar-refractivity contribution is 0.279. The molecular formula is C13H10BrClOS. The van der Waals surface area contributed by atoms with E-state index in [4.69, 9.17) is 11.6 Å². The molecule has 0 aromatic heterocycles. The standard InChI is InChI=1S/C13H10BrClOS/c14-10-5-6-12(9(7-10)8-16)17-13-4-2-1-3-11(13)15/h1-7,16H,8H2. The Balaban J connectivity index is 2.33. The van der Waals surface area contributed by atoms with Crippen molar-refractivity contribution in [1.82, 2.24) is 0 Å². The van der Waals surface area contributed by atoms with Crippen LogP contribution in [-0.4, -0.2) is 5.11 Å². The van der Waals surface area contributed by atoms with Crippen molar-refractivity contribution in [3.05, 3.63) is 57.5 Å². The third-order valence-electron chi connectivity index (χ3n) is 2.25. The van der Waals surface area contributed by atoms with E-state index in [0.717, 1.165) is 24.8 Å². The molecule has 17 heavy (non-hydrogen) atoms. The Hall–Kier alpha value is -0.480. The van der Waals surface area contributed by atoms with Crippen molar-refractivity contribution in [1.29, 1.82) is 0 Å². The lowest BCUT2D eigenvalue weighted by Gasteiger charge is -2.08. The minimum Gasteiger partial charge on any atom is -0.392 e. The molecule has 4 heteroatoms. The smallest absolute Gasteiger partial charge is 0.0693 e. The van der Waals surface area contributed by atoms with Gasteiger partial charge < -0.3 is 5.11 Å². The number of aliphatic hydroxyl groups excluding tert-OH is 1. The molecule has 0 aliphatic heterocycles. The lowest BCUT2D eigenvalue weighted by Crippen LogP contribution is -1.87. The van der Waals surface area contributed by atoms with Crippen LogP contribution in [0.5, 0.6) is 0 Å². The summed E-state index contributed by atoms with van der Waals surface area (Å²) in [5.41, 5.74) is 0.893. The molecule has 1 N–H and O–H groups in total. The van der Waals surface area contributed by atoms with Gasteiger partial charge in [-0.05, 0) is 35.9 Å². The second-order valence-corrected chi connectivity index (χ2v) is 5.85. The zero-order chi connectivity index (χ0) is 12.3. The topological polar surface area (TPSA) is 20.2 Å². The van der Waals surface area contributed by atoms with E-state index >= 15 is 0 Å². The average Bonchev–Trinajstić information content (AvgIpc) is 2.34. The summed E-state index contributed by atoms with van der Waals surface area (Å²) in [5, 5.41) is 10.0. The number of hydrogen-bond acceptors (Lipinski definition) is 2. The highest BCUT2D eigenvalue weighted by atomic mass is 79.9. The van der Waals surface area contributed by atoms with Crippen molar-refractivity contribution in [3.63, 3.8) is 0 Å². The van der Waals surface area contributed by atoms with Gasteiger partial charge in [0.2, 0.25) is 0 Å². The van der Waals surface area contributed by atoms with Crippen LogP contribution < -0.4 is 0 Å². The fourth-order valence-corrected chi connectivity index (χ4v) is 3.02. The minimum absolute atomic E-state index is 0.0201. The molecule has 0 unspecified atom stereocenters. The van der Waals surface area contributed by atoms with E-state index in [9.17, 15) is 5.11 Å². The normalized spacial score (nSPS) is 10.5. The maximum absolute atomic E-state index is 9.32. The van der Waals surface area contributed by atoms with Gasteiger partial charge in [0.05, 0.1) is 11.6 Å². The fraction of sp³-hybridized carbons (Fsp3) is 0.0769. The van der Waals surface area contributed by atoms with Gasteiger partial charge in [-0.25, -0.2) is 0 Å². The summed E-state index contributed by atoms with van der Waals surface area (Å²) < 4.78 is 0.963. The van der Waals surface area contributed by atoms with Crippen molar-refractivity contribution in [2.75, 3.05) is 0 Å². The van der Waals surface area contributed by atoms with E-state index in [1.54, 1.807) is 11.8 Å². The first kappa shape index (κ1) is 13.0. The molecule has 0 fully saturated rings. The third-order valence-corrected chi connectivity index (χ3v) is 4.38. The van der Waals surface area contributed by atoms with Crippen LogP contribution in [0.2, 0.25) is 5.02 Å². The van der Waals surface area contributed by atoms with Crippen molar-refractivity contribution in [2.45, 2.75) is 16.4 Å². The highest BCUT2D eigenvalue weighted by Gasteiger charge is 2.06. The molecule has 0 saturated carbocycles. The Bertz CT molecular complexity index is 531. The Labute approximate surface area is 118 Å². The predicted molar refractivity (Wildman–Crippen MR) is 75.6 cm³/mol. The van der Waals surface area contributed by atoms with Crippen molar-refractivity contribution < 1.29 is 5.11 Å². The van der Waals surface area contributed by atoms with Crippen LogP contribution in [0.15, 0.2) is 56.7 Å². The predicted octanol–water partition coefficient (Wildman–Crippen LogP) is 4.75. The van der Waals surface area contributed by atoms with Gasteiger partial charge in [-0.1, -0.05) is 51.4 Å². The van der Waals surface area contributed by atoms with Crippen LogP contribution in [0.25, 0.3) is 0 Å². The second-order valence-electron chi connectivity index (χ2n) is 3.44. The Morgan fingerprint density at radius 3 is 2.59 bits per heavy atom. The number of aliphatic hydroxyl groups is 1. The van der Waals surface area contributed by atoms with Crippen molar-refractivity contribution >= 4 is 39.3 Å². The molecule has 88 valence electrons. The quantitative estimate of drug-likeness (QED) is 0.877. The summed E-state index contributed by atoms with van der Waals surface area (Å²) in [6.07, 6.45) is 0. The summed E-state index contributed by atoms with van der Waals surface area (Å²) in [7, 11) is 0. The summed E-state index contributed by atoms with van der Waals surface area (Å²) >= 11 is 11.1. The van der Waals surface area contributed by atoms with Crippen molar-refractivity contribution in [2.24, 2.45) is 0 Å². The molecule has 0 bridgehead atoms. The van der Waals surface area contributed by atoms with E-state index in [1.807, 2.05) is 42.5 Å². The number of hydrogen-bond donors (Lipinski definition) is 1. The van der Waals surface area contributed by atoms with E-state index in [1.165, 1.54) is 0 Å². The maximum atomic E-state index is 9.32. The van der Waals surface area contributed by atoms with E-state index in [0.29, 0.717) is 0 Å². The molecule has 0 radical (unpaired) electrons. The monoisotopic (exact) mass is 328 g/mol. The van der Waals surface area contributed by atoms with Crippen LogP contribution in [0.3, 0.4) is 0 Å². The molecule has 2 aromatic rings. The molecule has 0 heterocycles. The highest BCUT2D eigenvalue weighted by molar-refractivity contribution is 9.10. The largest absolute Gasteiger partial charge is 0.392 e. The van der Waals surface area contributed by atoms with Gasteiger partial charge in [0.25, 0.3) is 0 Å². The van der Waals surface area contributed by atoms with E-state index < -0.39 is 0 Å². The van der Waals surface area contributed by atoms with Gasteiger partial charge >= 0.3 is 0 Å². The van der Waals surface area contributed by atoms with Crippen LogP contribution >= 0.6 is 39.3 Å². The number of halogens is 2. The Kier molecular flexibility index (Phi) is 4.51. The van der Waals surface area contributed by atoms with Gasteiger partial charge in [0.1, 0.15) is 0 Å². The maximum Gasteiger partial charge on any atom is 0.0693 e. The van der Waals surface area contributed by atoms with Crippen LogP contribution in [0.4, 0.5) is 0 Å². The molecule has 1 nitrogen and oxygen atoms in total. The summed E-state index contributed by atoms with van der Waals surface area (Å²) in [6, 6.07) is 13.5. The van der Waals surface area contributed by atoms with Gasteiger partial charge in [0.15, 0.2) is 0 Å². The van der Waals surface area contributed by atoms with E-state index in [2.05, 4.69) is 15.9 Å². The second kappa shape index (κ2) is 5.91. The molecule has 0 spiro atoms. The first-order valence-corrected chi connectivity index (χ1v) is 7.01. The third kappa shape index (κ3) is 3.26. The van der Waals surface area contributed by atoms with Crippen molar-refractivity contribution in [3.8, 4) is 0 Å². The fourth-order valence-electron chi connectivity index (χ4n) is 1.42. The van der Waals surface area contributed by atoms with Crippen LogP contribution in [0, 0.1) is 0 Å². The van der Waals surface area contributed by atoms with Gasteiger partial charge in [0, 0.05) is 14.3 Å². The summed E-state index contributed by atoms with van der Waals surface area (Å²) in [5.74, 6) is 0. The van der Waals surface area contributed by atoms with Gasteiger partial charge in [-0.3, -0.25) is 0 Å². The number of rotatable bonds is 3. The van der Waals surface area contributed by atoms with Crippen LogP contribution in [0.1, 0.15) is 5.56 Å². The average molecular weight is 330 g/mol. The first-order chi connectivity index (χ1) is 8.20. The zero-order valence-electron chi connectivity index (χ0n) is 8.86. The van der Waals surface area contributed by atoms with E-state index in [-0.39, 0.29) is 6.61 Å². The molecule has 0 amide bonds. The molecule has 2 aromatic carbocycles. The Morgan fingerprint density at radius 2 is 1.88 bits per heavy atom. The van der Waals surface area contributed by atoms with Gasteiger partial charge in [-0.2, -0.15) is 0 Å². The number of benzene rings is 2. The highest BCUT2D eigenvalue weighted by Crippen LogP contribution is 2.35. The van der Waals surface area contributed by atoms with Crippen LogP contribution in [-0.2, 0) is 6.61 Å². The first-order valence-electron chi connectivity index (χ1n) is 5.02. The molecule has 0 saturated heterocycles. The minimum atomic E-state index is 0.0201.